The summed E-state index contributed by atoms with van der Waals surface area (Å²) in [4.78, 5) is 10.8. The quantitative estimate of drug-likeness (QED) is 0.802. The van der Waals surface area contributed by atoms with Gasteiger partial charge in [0.15, 0.2) is 5.69 Å². The molecule has 7 heteroatoms. The van der Waals surface area contributed by atoms with Crippen LogP contribution in [0, 0.1) is 0 Å². The molecule has 88 valence electrons. The Bertz CT molecular complexity index is 450. The molecule has 0 aliphatic heterocycles. The monoisotopic (exact) mass is 234 g/mol. The maximum atomic E-state index is 12.6. The molecule has 1 aromatic heterocycles. The van der Waals surface area contributed by atoms with E-state index in [0.29, 0.717) is 12.1 Å². The molecule has 1 heterocycles. The Morgan fingerprint density at radius 1 is 1.56 bits per heavy atom. The van der Waals surface area contributed by atoms with Gasteiger partial charge in [-0.25, -0.2) is 0 Å². The van der Waals surface area contributed by atoms with Crippen LogP contribution in [0.4, 0.5) is 13.2 Å². The number of hydrogen-bond acceptors (Lipinski definition) is 2. The predicted molar refractivity (Wildman–Crippen MR) is 46.9 cm³/mol. The SMILES string of the molecule is Cn1nc(C(F)(F)F)c2c1CCC2C(=O)O. The third-order valence-electron chi connectivity index (χ3n) is 2.79. The van der Waals surface area contributed by atoms with Crippen molar-refractivity contribution in [2.24, 2.45) is 7.05 Å². The van der Waals surface area contributed by atoms with Crippen molar-refractivity contribution in [1.82, 2.24) is 9.78 Å². The zero-order valence-electron chi connectivity index (χ0n) is 8.38. The number of nitrogens with zero attached hydrogens (tertiary/aromatic N) is 2. The molecule has 0 spiro atoms. The van der Waals surface area contributed by atoms with Crippen LogP contribution in [0.3, 0.4) is 0 Å². The number of carbonyl (C=O) groups is 1. The normalized spacial score (nSPS) is 19.9. The maximum Gasteiger partial charge on any atom is 0.435 e. The largest absolute Gasteiger partial charge is 0.481 e. The molecule has 0 saturated heterocycles. The first kappa shape index (κ1) is 11.0. The van der Waals surface area contributed by atoms with Gasteiger partial charge < -0.3 is 5.11 Å². The smallest absolute Gasteiger partial charge is 0.435 e. The number of carboxylic acid groups (broad SMARTS) is 1. The van der Waals surface area contributed by atoms with Crippen molar-refractivity contribution >= 4 is 5.97 Å². The van der Waals surface area contributed by atoms with Crippen molar-refractivity contribution in [2.45, 2.75) is 24.9 Å². The Balaban J connectivity index is 2.59. The van der Waals surface area contributed by atoms with Crippen LogP contribution in [-0.4, -0.2) is 20.9 Å². The molecule has 1 aromatic rings. The van der Waals surface area contributed by atoms with Crippen LogP contribution in [-0.2, 0) is 24.4 Å². The zero-order chi connectivity index (χ0) is 12.1. The molecular weight excluding hydrogens is 225 g/mol. The lowest BCUT2D eigenvalue weighted by Crippen LogP contribution is -2.15. The van der Waals surface area contributed by atoms with E-state index in [9.17, 15) is 18.0 Å². The second-order valence-corrected chi connectivity index (χ2v) is 3.76. The Morgan fingerprint density at radius 3 is 2.69 bits per heavy atom. The minimum absolute atomic E-state index is 0.164. The van der Waals surface area contributed by atoms with Gasteiger partial charge in [0.2, 0.25) is 0 Å². The van der Waals surface area contributed by atoms with E-state index in [1.807, 2.05) is 0 Å². The second kappa shape index (κ2) is 3.23. The minimum Gasteiger partial charge on any atom is -0.481 e. The molecule has 16 heavy (non-hydrogen) atoms. The highest BCUT2D eigenvalue weighted by molar-refractivity contribution is 5.78. The summed E-state index contributed by atoms with van der Waals surface area (Å²) in [7, 11) is 1.40. The molecule has 2 rings (SSSR count). The third kappa shape index (κ3) is 1.46. The fourth-order valence-corrected chi connectivity index (χ4v) is 2.12. The zero-order valence-corrected chi connectivity index (χ0v) is 8.38. The van der Waals surface area contributed by atoms with Crippen molar-refractivity contribution in [2.75, 3.05) is 0 Å². The van der Waals surface area contributed by atoms with Gasteiger partial charge in [-0.05, 0) is 12.8 Å². The van der Waals surface area contributed by atoms with Gasteiger partial charge in [-0.2, -0.15) is 18.3 Å². The second-order valence-electron chi connectivity index (χ2n) is 3.76. The van der Waals surface area contributed by atoms with Gasteiger partial charge in [-0.15, -0.1) is 0 Å². The highest BCUT2D eigenvalue weighted by Crippen LogP contribution is 2.41. The number of fused-ring (bicyclic) bond motifs is 1. The first-order chi connectivity index (χ1) is 7.32. The lowest BCUT2D eigenvalue weighted by Gasteiger charge is -2.08. The van der Waals surface area contributed by atoms with Crippen LogP contribution in [0.1, 0.15) is 29.3 Å². The summed E-state index contributed by atoms with van der Waals surface area (Å²) in [6.07, 6.45) is -4.06. The summed E-state index contributed by atoms with van der Waals surface area (Å²) in [6, 6.07) is 0. The maximum absolute atomic E-state index is 12.6. The number of aryl methyl sites for hydroxylation is 1. The van der Waals surface area contributed by atoms with Gasteiger partial charge in [0.05, 0.1) is 5.92 Å². The number of hydrogen-bond donors (Lipinski definition) is 1. The number of halogens is 3. The highest BCUT2D eigenvalue weighted by atomic mass is 19.4. The summed E-state index contributed by atoms with van der Waals surface area (Å²) >= 11 is 0. The van der Waals surface area contributed by atoms with Gasteiger partial charge in [-0.3, -0.25) is 9.48 Å². The van der Waals surface area contributed by atoms with Gasteiger partial charge in [0.25, 0.3) is 0 Å². The number of alkyl halides is 3. The third-order valence-corrected chi connectivity index (χ3v) is 2.79. The van der Waals surface area contributed by atoms with Gasteiger partial charge in [0, 0.05) is 18.3 Å². The molecule has 0 fully saturated rings. The standard InChI is InChI=1S/C9H9F3N2O2/c1-14-5-3-2-4(8(15)16)6(5)7(13-14)9(10,11)12/h4H,2-3H2,1H3,(H,15,16). The van der Waals surface area contributed by atoms with Crippen molar-refractivity contribution in [3.8, 4) is 0 Å². The molecule has 0 aromatic carbocycles. The molecule has 0 amide bonds. The van der Waals surface area contributed by atoms with E-state index in [2.05, 4.69) is 5.10 Å². The predicted octanol–water partition coefficient (Wildman–Crippen LogP) is 1.55. The van der Waals surface area contributed by atoms with E-state index >= 15 is 0 Å². The topological polar surface area (TPSA) is 55.1 Å². The summed E-state index contributed by atoms with van der Waals surface area (Å²) in [5.74, 6) is -2.31. The number of aliphatic carboxylic acids is 1. The lowest BCUT2D eigenvalue weighted by atomic mass is 10.0. The van der Waals surface area contributed by atoms with E-state index in [-0.39, 0.29) is 12.0 Å². The lowest BCUT2D eigenvalue weighted by molar-refractivity contribution is -0.143. The molecule has 1 aliphatic rings. The molecule has 1 N–H and O–H groups in total. The van der Waals surface area contributed by atoms with E-state index in [4.69, 9.17) is 5.11 Å². The van der Waals surface area contributed by atoms with Crippen LogP contribution in [0.5, 0.6) is 0 Å². The fourth-order valence-electron chi connectivity index (χ4n) is 2.12. The summed E-state index contributed by atoms with van der Waals surface area (Å²) in [5.41, 5.74) is -0.850. The molecule has 0 bridgehead atoms. The first-order valence-electron chi connectivity index (χ1n) is 4.68. The minimum atomic E-state index is -4.59. The molecular formula is C9H9F3N2O2. The van der Waals surface area contributed by atoms with E-state index in [1.54, 1.807) is 0 Å². The van der Waals surface area contributed by atoms with Crippen LogP contribution < -0.4 is 0 Å². The van der Waals surface area contributed by atoms with E-state index in [1.165, 1.54) is 7.05 Å². The average Bonchev–Trinajstić information content (AvgIpc) is 2.65. The van der Waals surface area contributed by atoms with Gasteiger partial charge in [-0.1, -0.05) is 0 Å². The molecule has 1 aliphatic carbocycles. The fraction of sp³-hybridized carbons (Fsp3) is 0.556. The average molecular weight is 234 g/mol. The number of carboxylic acids is 1. The summed E-state index contributed by atoms with van der Waals surface area (Å²) in [5, 5.41) is 12.2. The van der Waals surface area contributed by atoms with Crippen LogP contribution in [0.25, 0.3) is 0 Å². The summed E-state index contributed by atoms with van der Waals surface area (Å²) < 4.78 is 39.0. The van der Waals surface area contributed by atoms with Crippen LogP contribution >= 0.6 is 0 Å². The number of aromatic nitrogens is 2. The molecule has 4 nitrogen and oxygen atoms in total. The van der Waals surface area contributed by atoms with E-state index < -0.39 is 23.8 Å². The van der Waals surface area contributed by atoms with Crippen molar-refractivity contribution in [3.05, 3.63) is 17.0 Å². The van der Waals surface area contributed by atoms with Crippen molar-refractivity contribution in [1.29, 1.82) is 0 Å². The Labute approximate surface area is 88.7 Å². The Morgan fingerprint density at radius 2 is 2.19 bits per heavy atom. The molecule has 0 radical (unpaired) electrons. The first-order valence-corrected chi connectivity index (χ1v) is 4.68. The molecule has 0 saturated carbocycles. The molecule has 1 atom stereocenters. The van der Waals surface area contributed by atoms with Crippen molar-refractivity contribution < 1.29 is 23.1 Å². The number of rotatable bonds is 1. The molecule has 1 unspecified atom stereocenters. The Kier molecular flexibility index (Phi) is 2.21. The summed E-state index contributed by atoms with van der Waals surface area (Å²) in [6.45, 7) is 0. The van der Waals surface area contributed by atoms with Gasteiger partial charge >= 0.3 is 12.1 Å². The van der Waals surface area contributed by atoms with Crippen LogP contribution in [0.15, 0.2) is 0 Å². The Hall–Kier alpha value is -1.53. The van der Waals surface area contributed by atoms with Crippen LogP contribution in [0.2, 0.25) is 0 Å². The van der Waals surface area contributed by atoms with Gasteiger partial charge in [0.1, 0.15) is 0 Å². The van der Waals surface area contributed by atoms with E-state index in [0.717, 1.165) is 4.68 Å². The van der Waals surface area contributed by atoms with Crippen molar-refractivity contribution in [3.63, 3.8) is 0 Å². The highest BCUT2D eigenvalue weighted by Gasteiger charge is 2.44.